The topological polar surface area (TPSA) is 563 Å². The molecule has 3 unspecified atom stereocenters. The lowest BCUT2D eigenvalue weighted by atomic mass is 9.80. The van der Waals surface area contributed by atoms with Gasteiger partial charge in [0.1, 0.15) is 113 Å². The quantitative estimate of drug-likeness (QED) is 0.0606. The lowest BCUT2D eigenvalue weighted by molar-refractivity contribution is -0.131. The van der Waals surface area contributed by atoms with Crippen molar-refractivity contribution in [3.63, 3.8) is 0 Å². The van der Waals surface area contributed by atoms with Gasteiger partial charge in [0.2, 0.25) is 29.5 Å². The number of ether oxygens (including phenoxy) is 1. The molecule has 37 nitrogen and oxygen atoms in total. The van der Waals surface area contributed by atoms with E-state index < -0.39 is 196 Å². The first-order valence-corrected chi connectivity index (χ1v) is 40.1. The van der Waals surface area contributed by atoms with Crippen LogP contribution in [0.1, 0.15) is 203 Å². The number of nitrogens with one attached hydrogen (secondary N) is 11. The number of hydrogen-bond donors (Lipinski definition) is 17. The number of aliphatic hydroxyl groups excluding tert-OH is 4. The van der Waals surface area contributed by atoms with Gasteiger partial charge < -0.3 is 89.2 Å². The molecule has 42 heteroatoms. The Hall–Kier alpha value is -10.5. The summed E-state index contributed by atoms with van der Waals surface area (Å²) in [6, 6.07) is -11.6. The van der Waals surface area contributed by atoms with Gasteiger partial charge in [-0.15, -0.1) is 57.1 Å². The standard InChI is InChI=1S/C72H85N19O18S5/c1-14-26(3)47-63(105)78-30(7)57(99)75-28(5)56(98)76-31(8)58(100)91-72-19-18-40(66-85-43(22-111-66)59(101)77-29(6)55(97)74-27(4)54(73)96)81-52(72)42-21-112-67(83-42)49(34(11)109-69(107)41-20-37(32(9)92)36-16-17-39(79-47)51(95)50(36)80-41)89-60(102)44-24-113-68(86-44)53(71(13,108)35(12)94)90-62(104)45-23-110-65(84-45)38(15-2)82-64(106)48(33(10)93)88-61(103)46-25-114-70(72)87-46/h15-17,20-22,24-26,30-35,39,45,47-49,51-53,79,92-95,108H,4-6,14,18-19,23H2,1-3,7-13H3,(H2,73,96)(H,74,97)(H,75,99)(H,76,98)(H,77,101)(H,78,105)(H,82,106)(H,88,103)(H,89,102)(H,90,104)(H,91,100)/t26-,30-,31-,32-,33+,34+,35+,39?,45?,47-,48-,49-,51-,52?,53+,71+,72+/m0/s1. The molecule has 11 amide bonds. The van der Waals surface area contributed by atoms with E-state index in [2.05, 4.69) is 98.2 Å². The van der Waals surface area contributed by atoms with Crippen molar-refractivity contribution in [2.45, 2.75) is 185 Å². The smallest absolute Gasteiger partial charge is 0.357 e. The van der Waals surface area contributed by atoms with Gasteiger partial charge in [-0.2, -0.15) is 0 Å². The summed E-state index contributed by atoms with van der Waals surface area (Å²) in [6.07, 6.45) is -3.18. The molecule has 5 aliphatic rings. The number of nitrogens with two attached hydrogens (primary N) is 1. The van der Waals surface area contributed by atoms with E-state index >= 15 is 14.4 Å². The summed E-state index contributed by atoms with van der Waals surface area (Å²) >= 11 is 4.42. The summed E-state index contributed by atoms with van der Waals surface area (Å²) in [4.78, 5) is 204. The SMILES string of the molecule is C=C(NC(=O)C(=C)NC(=O)c1csc(C2=NC3c4csc(n4)[C@H]4NC(=O)c5csc(n5)[C@H]([C@](C)(O)[C@@H](C)O)NC(=O)C5CSC(=N5)C(=CC)NC(=O)[C@H]([C@@H](C)O)NC(=O)c5csc(n5)[C@]3(CC2)NC(=O)[C@H](C)NC(=O)C(=C)NC(=O)[C@H](C)NC(=O)[C@H]([C@@H](C)CC)NC2C=Cc3c([C@H](C)O)cc(nc3[C@H]2O)C(=O)O[C@@H]4C)n1)C(N)=O. The van der Waals surface area contributed by atoms with Gasteiger partial charge >= 0.3 is 5.97 Å². The molecular weight excluding hydrogens is 1580 g/mol. The first-order chi connectivity index (χ1) is 53.7. The minimum absolute atomic E-state index is 0.0158. The fourth-order valence-corrected chi connectivity index (χ4v) is 17.2. The molecule has 0 aromatic carbocycles. The van der Waals surface area contributed by atoms with Gasteiger partial charge in [0.05, 0.1) is 70.3 Å². The van der Waals surface area contributed by atoms with Gasteiger partial charge in [-0.05, 0) is 85.8 Å². The Morgan fingerprint density at radius 3 is 2.12 bits per heavy atom. The van der Waals surface area contributed by atoms with Gasteiger partial charge in [-0.3, -0.25) is 68.0 Å². The molecule has 1 aliphatic carbocycles. The molecule has 0 radical (unpaired) electrons. The van der Waals surface area contributed by atoms with E-state index in [1.54, 1.807) is 26.8 Å². The minimum Gasteiger partial charge on any atom is -0.455 e. The highest BCUT2D eigenvalue weighted by molar-refractivity contribution is 8.14. The van der Waals surface area contributed by atoms with E-state index in [4.69, 9.17) is 25.4 Å². The molecule has 9 heterocycles. The Labute approximate surface area is 671 Å². The van der Waals surface area contributed by atoms with Gasteiger partial charge in [0, 0.05) is 32.8 Å². The second-order valence-corrected chi connectivity index (χ2v) is 32.3. The van der Waals surface area contributed by atoms with Crippen molar-refractivity contribution in [1.82, 2.24) is 83.4 Å². The van der Waals surface area contributed by atoms with Crippen molar-refractivity contribution in [1.29, 1.82) is 0 Å². The Morgan fingerprint density at radius 1 is 0.763 bits per heavy atom. The fourth-order valence-electron chi connectivity index (χ4n) is 12.3. The zero-order chi connectivity index (χ0) is 83.4. The lowest BCUT2D eigenvalue weighted by Crippen LogP contribution is -2.57. The number of cyclic esters (lactones) is 1. The van der Waals surface area contributed by atoms with Gasteiger partial charge in [-0.1, -0.05) is 58.2 Å². The molecule has 5 aromatic heterocycles. The number of thioether (sulfide) groups is 1. The number of hydrogen-bond acceptors (Lipinski definition) is 31. The Balaban J connectivity index is 1.18. The second kappa shape index (κ2) is 35.5. The Morgan fingerprint density at radius 2 is 1.45 bits per heavy atom. The highest BCUT2D eigenvalue weighted by Crippen LogP contribution is 2.48. The van der Waals surface area contributed by atoms with Crippen LogP contribution >= 0.6 is 57.1 Å². The van der Waals surface area contributed by atoms with E-state index in [1.807, 2.05) is 0 Å². The fraction of sp³-hybridized carbons (Fsp3) is 0.431. The maximum absolute atomic E-state index is 15.4. The van der Waals surface area contributed by atoms with Crippen LogP contribution < -0.4 is 64.2 Å². The third-order valence-corrected chi connectivity index (χ3v) is 24.3. The maximum atomic E-state index is 15.4. The van der Waals surface area contributed by atoms with Crippen molar-refractivity contribution in [2.75, 3.05) is 5.75 Å². The summed E-state index contributed by atoms with van der Waals surface area (Å²) in [6.45, 7) is 24.9. The first-order valence-electron chi connectivity index (χ1n) is 35.6. The molecule has 0 saturated heterocycles. The molecule has 5 aromatic rings. The predicted octanol–water partition coefficient (Wildman–Crippen LogP) is 0.774. The predicted molar refractivity (Wildman–Crippen MR) is 418 cm³/mol. The van der Waals surface area contributed by atoms with Gasteiger partial charge in [0.15, 0.2) is 0 Å². The number of primary amides is 1. The van der Waals surface area contributed by atoms with Crippen molar-refractivity contribution in [3.05, 3.63) is 148 Å². The van der Waals surface area contributed by atoms with Crippen molar-refractivity contribution in [2.24, 2.45) is 21.6 Å². The first kappa shape index (κ1) is 85.9. The van der Waals surface area contributed by atoms with Gasteiger partial charge in [0.25, 0.3) is 35.4 Å². The van der Waals surface area contributed by atoms with Crippen LogP contribution in [0.4, 0.5) is 0 Å². The van der Waals surface area contributed by atoms with Crippen LogP contribution in [-0.4, -0.2) is 198 Å². The molecule has 0 fully saturated rings. The third kappa shape index (κ3) is 18.6. The molecule has 18 N–H and O–H groups in total. The van der Waals surface area contributed by atoms with Gasteiger partial charge in [-0.25, -0.2) is 29.7 Å². The largest absolute Gasteiger partial charge is 0.455 e. The number of aliphatic hydroxyl groups is 5. The summed E-state index contributed by atoms with van der Waals surface area (Å²) in [5, 5.41) is 92.2. The third-order valence-electron chi connectivity index (χ3n) is 19.5. The molecule has 4 aliphatic heterocycles. The molecule has 0 spiro atoms. The highest BCUT2D eigenvalue weighted by atomic mass is 32.2. The van der Waals surface area contributed by atoms with E-state index in [1.165, 1.54) is 88.2 Å². The number of rotatable bonds is 12. The van der Waals surface area contributed by atoms with Crippen molar-refractivity contribution >= 4 is 145 Å². The number of aromatic nitrogens is 5. The summed E-state index contributed by atoms with van der Waals surface area (Å²) in [7, 11) is 0. The molecule has 114 heavy (non-hydrogen) atoms. The number of fused-ring (bicyclic) bond motifs is 7. The minimum atomic E-state index is -2.21. The summed E-state index contributed by atoms with van der Waals surface area (Å²) < 4.78 is 6.26. The van der Waals surface area contributed by atoms with Crippen LogP contribution in [0.5, 0.6) is 0 Å². The highest BCUT2D eigenvalue weighted by Gasteiger charge is 2.51. The van der Waals surface area contributed by atoms with Crippen molar-refractivity contribution in [3.8, 4) is 0 Å². The van der Waals surface area contributed by atoms with E-state index in [9.17, 15) is 68.7 Å². The number of carbonyl (C=O) groups is 12. The van der Waals surface area contributed by atoms with Crippen LogP contribution in [0, 0.1) is 5.92 Å². The number of allylic oxidation sites excluding steroid dienone is 1. The van der Waals surface area contributed by atoms with Crippen LogP contribution in [-0.2, 0) is 48.6 Å². The number of nitrogens with zero attached hydrogens (tertiary/aromatic N) is 7. The molecule has 0 saturated carbocycles. The van der Waals surface area contributed by atoms with Crippen molar-refractivity contribution < 1.29 is 87.8 Å². The Kier molecular flexibility index (Phi) is 26.7. The summed E-state index contributed by atoms with van der Waals surface area (Å²) in [5.74, 6) is -12.2. The Bertz CT molecular complexity index is 4880. The maximum Gasteiger partial charge on any atom is 0.357 e. The lowest BCUT2D eigenvalue weighted by Gasteiger charge is -2.41. The normalized spacial score (nSPS) is 26.9. The van der Waals surface area contributed by atoms with Crippen LogP contribution in [0.15, 0.2) is 92.2 Å². The van der Waals surface area contributed by atoms with E-state index in [-0.39, 0.29) is 94.7 Å². The number of pyridine rings is 1. The molecule has 606 valence electrons. The average Bonchev–Trinajstić information content (AvgIpc) is 1.50. The average molecular weight is 1660 g/mol. The number of amides is 11. The molecule has 13 bridgehead atoms. The summed E-state index contributed by atoms with van der Waals surface area (Å²) in [5.41, 5.74) is -1.79. The van der Waals surface area contributed by atoms with E-state index in [0.29, 0.717) is 6.42 Å². The number of aliphatic imine (C=N–C) groups is 2. The number of esters is 1. The number of thiazole rings is 4. The number of carbonyl (C=O) groups excluding carboxylic acids is 12. The van der Waals surface area contributed by atoms with E-state index in [0.717, 1.165) is 57.1 Å². The molecular formula is C72H85N19O18S5. The van der Waals surface area contributed by atoms with Crippen LogP contribution in [0.25, 0.3) is 6.08 Å². The van der Waals surface area contributed by atoms with Crippen LogP contribution in [0.2, 0.25) is 0 Å². The second-order valence-electron chi connectivity index (χ2n) is 27.8. The zero-order valence-electron chi connectivity index (χ0n) is 63.0. The monoisotopic (exact) mass is 1660 g/mol. The van der Waals surface area contributed by atoms with Crippen LogP contribution in [0.3, 0.4) is 0 Å². The molecule has 10 rings (SSSR count). The molecule has 17 atom stereocenters. The zero-order valence-corrected chi connectivity index (χ0v) is 67.1.